The van der Waals surface area contributed by atoms with Crippen molar-refractivity contribution in [1.82, 2.24) is 19.4 Å². The van der Waals surface area contributed by atoms with Gasteiger partial charge in [0.25, 0.3) is 0 Å². The highest BCUT2D eigenvalue weighted by molar-refractivity contribution is 7.89. The van der Waals surface area contributed by atoms with Gasteiger partial charge in [-0.3, -0.25) is 4.79 Å². The van der Waals surface area contributed by atoms with Crippen LogP contribution in [-0.4, -0.2) is 47.5 Å². The summed E-state index contributed by atoms with van der Waals surface area (Å²) in [7, 11) is -3.75. The number of aryl methyl sites for hydroxylation is 2. The van der Waals surface area contributed by atoms with Gasteiger partial charge in [0.1, 0.15) is 23.5 Å². The van der Waals surface area contributed by atoms with Crippen LogP contribution >= 0.6 is 0 Å². The van der Waals surface area contributed by atoms with Crippen molar-refractivity contribution >= 4 is 21.7 Å². The number of anilines is 1. The molecule has 3 aromatic rings. The predicted molar refractivity (Wildman–Crippen MR) is 132 cm³/mol. The maximum atomic E-state index is 13.1. The number of carbonyl (C=O) groups is 1. The van der Waals surface area contributed by atoms with E-state index in [4.69, 9.17) is 5.73 Å². The van der Waals surface area contributed by atoms with Gasteiger partial charge < -0.3 is 11.1 Å². The van der Waals surface area contributed by atoms with Gasteiger partial charge in [0, 0.05) is 13.1 Å². The van der Waals surface area contributed by atoms with Gasteiger partial charge in [0.2, 0.25) is 15.9 Å². The minimum atomic E-state index is -3.75. The van der Waals surface area contributed by atoms with Crippen LogP contribution in [0.3, 0.4) is 0 Å². The summed E-state index contributed by atoms with van der Waals surface area (Å²) < 4.78 is 29.0. The molecule has 0 saturated carbocycles. The first-order valence-electron chi connectivity index (χ1n) is 11.5. The fourth-order valence-electron chi connectivity index (χ4n) is 4.26. The molecule has 9 nitrogen and oxygen atoms in total. The SMILES string of the molecule is Cc1ccc(S(=O)(=O)N2CCC[C@H]2C(=O)NCCCc2nn(-c3ccccc3)c(N)c2C#N)cc1. The number of amides is 1. The van der Waals surface area contributed by atoms with E-state index in [0.717, 1.165) is 11.3 Å². The minimum Gasteiger partial charge on any atom is -0.382 e. The number of carbonyl (C=O) groups excluding carboxylic acids is 1. The number of nitrogen functional groups attached to an aromatic ring is 1. The van der Waals surface area contributed by atoms with E-state index in [1.54, 1.807) is 28.9 Å². The fraction of sp³-hybridized carbons (Fsp3) is 0.320. The first-order valence-corrected chi connectivity index (χ1v) is 13.0. The first kappa shape index (κ1) is 24.4. The van der Waals surface area contributed by atoms with Crippen molar-refractivity contribution in [3.05, 3.63) is 71.4 Å². The lowest BCUT2D eigenvalue weighted by Crippen LogP contribution is -2.46. The van der Waals surface area contributed by atoms with E-state index >= 15 is 0 Å². The quantitative estimate of drug-likeness (QED) is 0.464. The predicted octanol–water partition coefficient (Wildman–Crippen LogP) is 2.54. The van der Waals surface area contributed by atoms with Crippen molar-refractivity contribution in [1.29, 1.82) is 5.26 Å². The van der Waals surface area contributed by atoms with E-state index in [-0.39, 0.29) is 16.6 Å². The number of rotatable bonds is 8. The van der Waals surface area contributed by atoms with E-state index < -0.39 is 16.1 Å². The largest absolute Gasteiger partial charge is 0.382 e. The summed E-state index contributed by atoms with van der Waals surface area (Å²) in [6.07, 6.45) is 2.09. The van der Waals surface area contributed by atoms with Gasteiger partial charge in [-0.2, -0.15) is 14.7 Å². The van der Waals surface area contributed by atoms with E-state index in [1.807, 2.05) is 37.3 Å². The molecule has 182 valence electrons. The van der Waals surface area contributed by atoms with Crippen LogP contribution in [-0.2, 0) is 21.2 Å². The summed E-state index contributed by atoms with van der Waals surface area (Å²) in [5, 5.41) is 16.9. The Morgan fingerprint density at radius 1 is 1.20 bits per heavy atom. The normalized spacial score (nSPS) is 16.2. The van der Waals surface area contributed by atoms with Crippen LogP contribution in [0.2, 0.25) is 0 Å². The van der Waals surface area contributed by atoms with E-state index in [1.165, 1.54) is 4.31 Å². The second kappa shape index (κ2) is 10.3. The maximum Gasteiger partial charge on any atom is 0.243 e. The molecule has 4 rings (SSSR count). The molecule has 1 aliphatic rings. The molecule has 1 aliphatic heterocycles. The van der Waals surface area contributed by atoms with Crippen LogP contribution in [0.1, 0.15) is 36.1 Å². The number of hydrogen-bond donors (Lipinski definition) is 2. The number of aromatic nitrogens is 2. The zero-order valence-corrected chi connectivity index (χ0v) is 20.3. The Morgan fingerprint density at radius 2 is 1.91 bits per heavy atom. The van der Waals surface area contributed by atoms with Gasteiger partial charge in [0.05, 0.1) is 16.3 Å². The monoisotopic (exact) mass is 492 g/mol. The molecule has 1 amide bonds. The van der Waals surface area contributed by atoms with Crippen molar-refractivity contribution in [2.75, 3.05) is 18.8 Å². The Morgan fingerprint density at radius 3 is 2.60 bits per heavy atom. The molecule has 0 spiro atoms. The summed E-state index contributed by atoms with van der Waals surface area (Å²) >= 11 is 0. The Hall–Kier alpha value is -3.68. The van der Waals surface area contributed by atoms with Crippen molar-refractivity contribution in [2.45, 2.75) is 43.5 Å². The zero-order chi connectivity index (χ0) is 25.0. The molecule has 0 radical (unpaired) electrons. The number of nitrogens with one attached hydrogen (secondary N) is 1. The lowest BCUT2D eigenvalue weighted by molar-refractivity contribution is -0.124. The summed E-state index contributed by atoms with van der Waals surface area (Å²) in [5.41, 5.74) is 8.76. The third-order valence-corrected chi connectivity index (χ3v) is 8.05. The second-order valence-corrected chi connectivity index (χ2v) is 10.4. The number of sulfonamides is 1. The molecule has 2 heterocycles. The Kier molecular flexibility index (Phi) is 7.19. The molecule has 0 unspecified atom stereocenters. The van der Waals surface area contributed by atoms with Crippen molar-refractivity contribution in [3.8, 4) is 11.8 Å². The molecular weight excluding hydrogens is 464 g/mol. The second-order valence-electron chi connectivity index (χ2n) is 8.55. The highest BCUT2D eigenvalue weighted by Crippen LogP contribution is 2.26. The highest BCUT2D eigenvalue weighted by atomic mass is 32.2. The van der Waals surface area contributed by atoms with Crippen LogP contribution in [0.25, 0.3) is 5.69 Å². The molecule has 35 heavy (non-hydrogen) atoms. The van der Waals surface area contributed by atoms with E-state index in [0.29, 0.717) is 50.0 Å². The van der Waals surface area contributed by atoms with Gasteiger partial charge >= 0.3 is 0 Å². The average molecular weight is 493 g/mol. The van der Waals surface area contributed by atoms with Crippen LogP contribution < -0.4 is 11.1 Å². The van der Waals surface area contributed by atoms with Gasteiger partial charge in [-0.1, -0.05) is 35.9 Å². The number of nitrogens with two attached hydrogens (primary N) is 1. The molecule has 10 heteroatoms. The molecule has 1 atom stereocenters. The van der Waals surface area contributed by atoms with Crippen molar-refractivity contribution in [2.24, 2.45) is 0 Å². The van der Waals surface area contributed by atoms with Gasteiger partial charge in [-0.25, -0.2) is 13.1 Å². The molecule has 0 aliphatic carbocycles. The lowest BCUT2D eigenvalue weighted by Gasteiger charge is -2.23. The standard InChI is InChI=1S/C25H28N6O3S/c1-18-11-13-20(14-12-18)35(33,34)30-16-6-10-23(30)25(32)28-15-5-9-22-21(17-26)24(27)31(29-22)19-7-3-2-4-8-19/h2-4,7-8,11-14,23H,5-6,9-10,15-16,27H2,1H3,(H,28,32)/t23-/m0/s1. The number of nitrogens with zero attached hydrogens (tertiary/aromatic N) is 4. The van der Waals surface area contributed by atoms with Crippen LogP contribution in [0.4, 0.5) is 5.82 Å². The molecule has 3 N–H and O–H groups in total. The Labute approximate surface area is 205 Å². The molecule has 1 fully saturated rings. The third kappa shape index (κ3) is 5.06. The Balaban J connectivity index is 1.37. The smallest absolute Gasteiger partial charge is 0.243 e. The lowest BCUT2D eigenvalue weighted by atomic mass is 10.1. The van der Waals surface area contributed by atoms with Crippen LogP contribution in [0, 0.1) is 18.3 Å². The summed E-state index contributed by atoms with van der Waals surface area (Å²) in [6.45, 7) is 2.54. The summed E-state index contributed by atoms with van der Waals surface area (Å²) in [6, 6.07) is 17.4. The molecule has 0 bridgehead atoms. The topological polar surface area (TPSA) is 134 Å². The molecular formula is C25H28N6O3S. The van der Waals surface area contributed by atoms with E-state index in [2.05, 4.69) is 16.5 Å². The zero-order valence-electron chi connectivity index (χ0n) is 19.5. The Bertz CT molecular complexity index is 1340. The maximum absolute atomic E-state index is 13.1. The fourth-order valence-corrected chi connectivity index (χ4v) is 5.92. The summed E-state index contributed by atoms with van der Waals surface area (Å²) in [5.74, 6) is -0.0336. The van der Waals surface area contributed by atoms with Crippen LogP contribution in [0.15, 0.2) is 59.5 Å². The molecule has 1 saturated heterocycles. The first-order chi connectivity index (χ1) is 16.8. The number of nitriles is 1. The van der Waals surface area contributed by atoms with Crippen molar-refractivity contribution < 1.29 is 13.2 Å². The number of hydrogen-bond acceptors (Lipinski definition) is 6. The van der Waals surface area contributed by atoms with Crippen LogP contribution in [0.5, 0.6) is 0 Å². The number of para-hydroxylation sites is 1. The van der Waals surface area contributed by atoms with Crippen molar-refractivity contribution in [3.63, 3.8) is 0 Å². The molecule has 2 aromatic carbocycles. The van der Waals surface area contributed by atoms with E-state index in [9.17, 15) is 18.5 Å². The highest BCUT2D eigenvalue weighted by Gasteiger charge is 2.39. The average Bonchev–Trinajstić information content (AvgIpc) is 3.48. The minimum absolute atomic E-state index is 0.193. The van der Waals surface area contributed by atoms with Gasteiger partial charge in [-0.05, 0) is 56.9 Å². The summed E-state index contributed by atoms with van der Waals surface area (Å²) in [4.78, 5) is 13.0. The van der Waals surface area contributed by atoms with Gasteiger partial charge in [0.15, 0.2) is 0 Å². The number of benzene rings is 2. The molecule has 1 aromatic heterocycles. The third-order valence-electron chi connectivity index (χ3n) is 6.13. The van der Waals surface area contributed by atoms with Gasteiger partial charge in [-0.15, -0.1) is 0 Å².